The molecular weight excluding hydrogens is 527 g/mol. The van der Waals surface area contributed by atoms with E-state index in [1.54, 1.807) is 49.4 Å². The summed E-state index contributed by atoms with van der Waals surface area (Å²) in [5, 5.41) is 19.0. The number of hydrogen-bond donors (Lipinski definition) is 2. The van der Waals surface area contributed by atoms with Crippen LogP contribution in [0.2, 0.25) is 0 Å². The normalized spacial score (nSPS) is 11.9. The number of benzene rings is 4. The predicted molar refractivity (Wildman–Crippen MR) is 135 cm³/mol. The Morgan fingerprint density at radius 2 is 1.57 bits per heavy atom. The van der Waals surface area contributed by atoms with Crippen LogP contribution in [0.5, 0.6) is 5.75 Å². The van der Waals surface area contributed by atoms with Crippen LogP contribution in [-0.2, 0) is 20.1 Å². The minimum atomic E-state index is -4.82. The monoisotopic (exact) mass is 548 g/mol. The molecule has 186 valence electrons. The summed E-state index contributed by atoms with van der Waals surface area (Å²) in [7, 11) is -8.84. The zero-order valence-corrected chi connectivity index (χ0v) is 23.6. The van der Waals surface area contributed by atoms with Crippen LogP contribution in [0.15, 0.2) is 98.9 Å². The first-order valence-corrected chi connectivity index (χ1v) is 13.5. The summed E-state index contributed by atoms with van der Waals surface area (Å²) >= 11 is 0. The number of fused-ring (bicyclic) bond motifs is 1. The van der Waals surface area contributed by atoms with E-state index in [2.05, 4.69) is 10.2 Å². The van der Waals surface area contributed by atoms with Gasteiger partial charge in [-0.1, -0.05) is 36.4 Å². The van der Waals surface area contributed by atoms with Crippen LogP contribution in [0.4, 0.5) is 22.7 Å². The van der Waals surface area contributed by atoms with E-state index in [4.69, 9.17) is 5.73 Å². The van der Waals surface area contributed by atoms with Gasteiger partial charge in [0.25, 0.3) is 10.0 Å². The molecule has 4 rings (SSSR count). The molecule has 0 heterocycles. The second-order valence-electron chi connectivity index (χ2n) is 7.67. The summed E-state index contributed by atoms with van der Waals surface area (Å²) in [6, 6.07) is 19.4. The third-order valence-electron chi connectivity index (χ3n) is 5.39. The minimum Gasteiger partial charge on any atom is -0.744 e. The number of phenols is 1. The van der Waals surface area contributed by atoms with Gasteiger partial charge in [0.15, 0.2) is 0 Å². The molecule has 0 saturated carbocycles. The first-order chi connectivity index (χ1) is 17.0. The van der Waals surface area contributed by atoms with Gasteiger partial charge >= 0.3 is 29.6 Å². The number of azo groups is 1. The Kier molecular flexibility index (Phi) is 8.63. The Morgan fingerprint density at radius 3 is 2.22 bits per heavy atom. The number of anilines is 2. The zero-order chi connectivity index (χ0) is 26.1. The largest absolute Gasteiger partial charge is 1.00 e. The first-order valence-electron chi connectivity index (χ1n) is 10.6. The Bertz CT molecular complexity index is 1700. The fraction of sp³-hybridized carbons (Fsp3) is 0.0833. The standard InChI is InChI=1S/C24H22N4O6S2.Na/c1-2-28(17-8-4-3-5-9-17)35(30,31)22-11-7-6-10-20(22)26-27-24-19(25)13-12-16-14-18(36(32,33)34)15-21(29)23(16)24;/h3-15,29H,2,25H2,1H3,(H,32,33,34);/q;+1/p-1. The molecule has 37 heavy (non-hydrogen) atoms. The van der Waals surface area contributed by atoms with Gasteiger partial charge < -0.3 is 15.4 Å². The Hall–Kier alpha value is -3.00. The molecule has 4 aromatic carbocycles. The quantitative estimate of drug-likeness (QED) is 0.153. The van der Waals surface area contributed by atoms with E-state index in [1.807, 2.05) is 0 Å². The van der Waals surface area contributed by atoms with E-state index in [0.717, 1.165) is 12.1 Å². The molecule has 3 N–H and O–H groups in total. The Morgan fingerprint density at radius 1 is 0.919 bits per heavy atom. The van der Waals surface area contributed by atoms with Gasteiger partial charge in [-0.3, -0.25) is 4.31 Å². The number of sulfonamides is 1. The van der Waals surface area contributed by atoms with E-state index >= 15 is 0 Å². The molecule has 10 nitrogen and oxygen atoms in total. The molecule has 13 heteroatoms. The fourth-order valence-corrected chi connectivity index (χ4v) is 5.86. The average molecular weight is 549 g/mol. The van der Waals surface area contributed by atoms with E-state index in [0.29, 0.717) is 5.69 Å². The second-order valence-corrected chi connectivity index (χ2v) is 10.9. The summed E-state index contributed by atoms with van der Waals surface area (Å²) in [6.07, 6.45) is 0. The maximum atomic E-state index is 13.5. The van der Waals surface area contributed by atoms with Gasteiger partial charge in [-0.25, -0.2) is 16.8 Å². The van der Waals surface area contributed by atoms with Crippen molar-refractivity contribution in [3.05, 3.63) is 78.9 Å². The number of phenolic OH excluding ortho intramolecular Hbond substituents is 1. The van der Waals surface area contributed by atoms with E-state index in [-0.39, 0.29) is 68.8 Å². The zero-order valence-electron chi connectivity index (χ0n) is 19.9. The molecule has 0 fully saturated rings. The van der Waals surface area contributed by atoms with Crippen molar-refractivity contribution in [3.63, 3.8) is 0 Å². The van der Waals surface area contributed by atoms with Crippen LogP contribution >= 0.6 is 0 Å². The minimum absolute atomic E-state index is 0. The Balaban J connectivity index is 0.00000380. The molecule has 0 aromatic heterocycles. The van der Waals surface area contributed by atoms with Gasteiger partial charge in [0.2, 0.25) is 0 Å². The molecule has 4 aromatic rings. The van der Waals surface area contributed by atoms with Crippen molar-refractivity contribution in [3.8, 4) is 5.75 Å². The van der Waals surface area contributed by atoms with Gasteiger partial charge in [-0.05, 0) is 54.8 Å². The average Bonchev–Trinajstić information content (AvgIpc) is 2.84. The number of nitrogens with zero attached hydrogens (tertiary/aromatic N) is 3. The van der Waals surface area contributed by atoms with Gasteiger partial charge in [0, 0.05) is 6.54 Å². The summed E-state index contributed by atoms with van der Waals surface area (Å²) < 4.78 is 62.5. The van der Waals surface area contributed by atoms with Crippen LogP contribution < -0.4 is 39.6 Å². The topological polar surface area (TPSA) is 166 Å². The smallest absolute Gasteiger partial charge is 0.744 e. The van der Waals surface area contributed by atoms with Crippen LogP contribution in [0.1, 0.15) is 6.92 Å². The predicted octanol–water partition coefficient (Wildman–Crippen LogP) is 1.67. The van der Waals surface area contributed by atoms with E-state index < -0.39 is 30.8 Å². The molecule has 0 aliphatic rings. The van der Waals surface area contributed by atoms with E-state index in [9.17, 15) is 26.5 Å². The van der Waals surface area contributed by atoms with Crippen molar-refractivity contribution in [2.75, 3.05) is 16.6 Å². The molecule has 0 amide bonds. The van der Waals surface area contributed by atoms with Crippen LogP contribution in [0, 0.1) is 0 Å². The Labute approximate surface area is 236 Å². The molecule has 0 aliphatic carbocycles. The molecule has 0 saturated heterocycles. The molecule has 0 atom stereocenters. The SMILES string of the molecule is CCN(c1ccccc1)S(=O)(=O)c1ccccc1N=Nc1c(N)ccc2cc(S(=O)(=O)[O-])cc(O)c12.[Na+]. The van der Waals surface area contributed by atoms with Crippen molar-refractivity contribution in [2.24, 2.45) is 10.2 Å². The van der Waals surface area contributed by atoms with E-state index in [1.165, 1.54) is 28.6 Å². The number of nitrogen functional groups attached to an aromatic ring is 1. The molecule has 0 aliphatic heterocycles. The molecule has 0 radical (unpaired) electrons. The number of para-hydroxylation sites is 1. The van der Waals surface area contributed by atoms with Crippen LogP contribution in [0.3, 0.4) is 0 Å². The summed E-state index contributed by atoms with van der Waals surface area (Å²) in [5.41, 5.74) is 6.64. The van der Waals surface area contributed by atoms with Crippen molar-refractivity contribution in [1.82, 2.24) is 0 Å². The maximum Gasteiger partial charge on any atom is 1.00 e. The number of hydrogen-bond acceptors (Lipinski definition) is 9. The van der Waals surface area contributed by atoms with Crippen molar-refractivity contribution >= 4 is 53.7 Å². The number of rotatable bonds is 7. The second kappa shape index (κ2) is 11.2. The fourth-order valence-electron chi connectivity index (χ4n) is 3.73. The van der Waals surface area contributed by atoms with Gasteiger partial charge in [-0.2, -0.15) is 0 Å². The van der Waals surface area contributed by atoms with Gasteiger partial charge in [-0.15, -0.1) is 10.2 Å². The third-order valence-corrected chi connectivity index (χ3v) is 8.15. The van der Waals surface area contributed by atoms with Crippen molar-refractivity contribution in [1.29, 1.82) is 0 Å². The first kappa shape index (κ1) is 28.6. The maximum absolute atomic E-state index is 13.5. The summed E-state index contributed by atoms with van der Waals surface area (Å²) in [4.78, 5) is -0.709. The summed E-state index contributed by atoms with van der Waals surface area (Å²) in [5.74, 6) is -0.537. The van der Waals surface area contributed by atoms with Crippen LogP contribution in [0.25, 0.3) is 10.8 Å². The molecular formula is C24H21N4NaO6S2. The van der Waals surface area contributed by atoms with Crippen molar-refractivity contribution < 1.29 is 56.1 Å². The molecule has 0 unspecified atom stereocenters. The molecule has 0 bridgehead atoms. The summed E-state index contributed by atoms with van der Waals surface area (Å²) in [6.45, 7) is 1.89. The number of aromatic hydroxyl groups is 1. The number of nitrogens with two attached hydrogens (primary N) is 1. The van der Waals surface area contributed by atoms with Crippen LogP contribution in [-0.4, -0.2) is 33.0 Å². The molecule has 0 spiro atoms. The van der Waals surface area contributed by atoms with Crippen molar-refractivity contribution in [2.45, 2.75) is 16.7 Å². The van der Waals surface area contributed by atoms with Gasteiger partial charge in [0.05, 0.1) is 21.7 Å². The third kappa shape index (κ3) is 5.79. The van der Waals surface area contributed by atoms with Gasteiger partial charge in [0.1, 0.15) is 32.1 Å².